The molecule has 45 heavy (non-hydrogen) atoms. The molecule has 12 heteroatoms. The van der Waals surface area contributed by atoms with Crippen molar-refractivity contribution in [3.05, 3.63) is 65.5 Å². The highest BCUT2D eigenvalue weighted by Crippen LogP contribution is 2.28. The van der Waals surface area contributed by atoms with Gasteiger partial charge in [0.05, 0.1) is 6.54 Å². The number of primary amides is 1. The number of carbonyl (C=O) groups excluding carboxylic acids is 5. The van der Waals surface area contributed by atoms with Gasteiger partial charge in [-0.2, -0.15) is 0 Å². The second-order valence-electron chi connectivity index (χ2n) is 12.6. The largest absolute Gasteiger partial charge is 0.368 e. The van der Waals surface area contributed by atoms with Gasteiger partial charge in [0, 0.05) is 23.9 Å². The zero-order valence-electron chi connectivity index (χ0n) is 26.1. The third-order valence-corrected chi connectivity index (χ3v) is 7.86. The van der Waals surface area contributed by atoms with Crippen molar-refractivity contribution < 1.29 is 28.5 Å². The fraction of sp³-hybridized carbons (Fsp3) is 0.455. The van der Waals surface area contributed by atoms with Crippen molar-refractivity contribution >= 4 is 40.3 Å². The van der Waals surface area contributed by atoms with E-state index in [0.717, 1.165) is 22.3 Å². The first-order valence-electron chi connectivity index (χ1n) is 15.2. The van der Waals surface area contributed by atoms with Crippen molar-refractivity contribution in [2.75, 3.05) is 6.54 Å². The molecule has 0 radical (unpaired) electrons. The molecule has 2 fully saturated rings. The first-order chi connectivity index (χ1) is 21.3. The van der Waals surface area contributed by atoms with Gasteiger partial charge < -0.3 is 31.5 Å². The Morgan fingerprint density at radius 2 is 1.76 bits per heavy atom. The summed E-state index contributed by atoms with van der Waals surface area (Å²) in [5, 5.41) is 16.2. The average Bonchev–Trinajstić information content (AvgIpc) is 3.56. The van der Waals surface area contributed by atoms with Crippen molar-refractivity contribution in [1.82, 2.24) is 26.4 Å². The van der Waals surface area contributed by atoms with Crippen LogP contribution in [0, 0.1) is 18.8 Å². The highest BCUT2D eigenvalue weighted by Gasteiger charge is 2.39. The number of aryl methyl sites for hydroxylation is 1. The van der Waals surface area contributed by atoms with E-state index in [1.807, 2.05) is 56.3 Å². The Labute approximate surface area is 262 Å². The molecule has 240 valence electrons. The maximum absolute atomic E-state index is 13.3. The summed E-state index contributed by atoms with van der Waals surface area (Å²) in [6.07, 6.45) is 3.64. The molecule has 5 rings (SSSR count). The van der Waals surface area contributed by atoms with Crippen LogP contribution in [0.5, 0.6) is 0 Å². The predicted octanol–water partition coefficient (Wildman–Crippen LogP) is 2.28. The van der Waals surface area contributed by atoms with E-state index < -0.39 is 53.7 Å². The number of hydrogen-bond donors (Lipinski definition) is 5. The number of hydrogen-bond acceptors (Lipinski definition) is 7. The lowest BCUT2D eigenvalue weighted by Gasteiger charge is -2.21. The van der Waals surface area contributed by atoms with Gasteiger partial charge in [-0.3, -0.25) is 24.0 Å². The molecular weight excluding hydrogens is 576 g/mol. The Morgan fingerprint density at radius 3 is 2.36 bits per heavy atom. The van der Waals surface area contributed by atoms with Gasteiger partial charge in [-0.25, -0.2) is 0 Å². The average molecular weight is 619 g/mol. The first kappa shape index (κ1) is 33.2. The number of nitrogens with two attached hydrogens (primary N) is 1. The molecule has 0 spiro atoms. The lowest BCUT2D eigenvalue weighted by atomic mass is 9.91. The number of nitrogens with one attached hydrogen (secondary N) is 4. The Morgan fingerprint density at radius 1 is 1.07 bits per heavy atom. The van der Waals surface area contributed by atoms with Gasteiger partial charge in [-0.05, 0) is 55.9 Å². The molecular formula is C33H42N6O6. The minimum atomic E-state index is -1.09. The van der Waals surface area contributed by atoms with Crippen molar-refractivity contribution in [1.29, 1.82) is 0 Å². The number of carbonyl (C=O) groups is 5. The summed E-state index contributed by atoms with van der Waals surface area (Å²) < 4.78 is 4.98. The van der Waals surface area contributed by atoms with Gasteiger partial charge in [0.25, 0.3) is 5.91 Å². The molecule has 3 aromatic rings. The summed E-state index contributed by atoms with van der Waals surface area (Å²) in [6, 6.07) is 12.6. The highest BCUT2D eigenvalue weighted by molar-refractivity contribution is 5.97. The van der Waals surface area contributed by atoms with Gasteiger partial charge in [-0.1, -0.05) is 67.4 Å². The maximum Gasteiger partial charge on any atom is 0.274 e. The molecule has 1 saturated carbocycles. The summed E-state index contributed by atoms with van der Waals surface area (Å²) in [4.78, 5) is 63.1. The monoisotopic (exact) mass is 618 g/mol. The summed E-state index contributed by atoms with van der Waals surface area (Å²) in [5.41, 5.74) is 5.90. The van der Waals surface area contributed by atoms with Crippen LogP contribution in [-0.4, -0.2) is 58.9 Å². The van der Waals surface area contributed by atoms with Gasteiger partial charge in [-0.15, -0.1) is 0 Å². The number of benzene rings is 2. The van der Waals surface area contributed by atoms with Crippen molar-refractivity contribution in [2.45, 2.75) is 77.4 Å². The second-order valence-corrected chi connectivity index (χ2v) is 12.6. The summed E-state index contributed by atoms with van der Waals surface area (Å²) in [5.74, 6) is -1.86. The molecule has 1 aliphatic carbocycles. The highest BCUT2D eigenvalue weighted by atomic mass is 16.5. The minimum Gasteiger partial charge on any atom is -0.368 e. The molecule has 1 aromatic heterocycles. The number of fused-ring (bicyclic) bond motifs is 1. The van der Waals surface area contributed by atoms with Crippen LogP contribution in [0.3, 0.4) is 0 Å². The van der Waals surface area contributed by atoms with Crippen LogP contribution in [0.1, 0.15) is 68.3 Å². The third kappa shape index (κ3) is 9.62. The molecule has 2 aliphatic rings. The van der Waals surface area contributed by atoms with Crippen LogP contribution in [0.25, 0.3) is 10.8 Å². The molecule has 5 amide bonds. The summed E-state index contributed by atoms with van der Waals surface area (Å²) in [6.45, 7) is 7.18. The minimum absolute atomic E-state index is 0.0133. The topological polar surface area (TPSA) is 186 Å². The fourth-order valence-electron chi connectivity index (χ4n) is 5.22. The van der Waals surface area contributed by atoms with Crippen LogP contribution >= 0.6 is 0 Å². The van der Waals surface area contributed by atoms with Crippen molar-refractivity contribution in [2.24, 2.45) is 17.6 Å². The van der Waals surface area contributed by atoms with E-state index in [4.69, 9.17) is 10.3 Å². The van der Waals surface area contributed by atoms with Crippen molar-refractivity contribution in [3.63, 3.8) is 0 Å². The van der Waals surface area contributed by atoms with Gasteiger partial charge >= 0.3 is 0 Å². The molecule has 0 bridgehead atoms. The standard InChI is InChI=1S/C29H34N6O6.C4H8/c1-16-11-23(35-41-16)28(40)33-22(12-18-9-6-8-17-7-4-5-10-20(17)18)27(39)31-15-24(36)32-21(25(30)37)13-19-14-29(2,3)34-26(19)38;1-4-2-3-4/h4-11,19,21-22H,12-15H2,1-3H3,(H2,30,37)(H,31,39)(H,32,36)(H,33,40)(H,34,38);4H,2-3H2,1H3. The van der Waals surface area contributed by atoms with Crippen LogP contribution in [0.4, 0.5) is 0 Å². The Kier molecular flexibility index (Phi) is 10.6. The Hall–Kier alpha value is -4.74. The van der Waals surface area contributed by atoms with Gasteiger partial charge in [0.1, 0.15) is 17.8 Å². The number of amides is 5. The molecule has 1 aliphatic heterocycles. The maximum atomic E-state index is 13.3. The Bertz CT molecular complexity index is 1560. The van der Waals surface area contributed by atoms with E-state index in [2.05, 4.69) is 33.3 Å². The van der Waals surface area contributed by atoms with Gasteiger partial charge in [0.15, 0.2) is 5.69 Å². The van der Waals surface area contributed by atoms with E-state index in [1.165, 1.54) is 18.9 Å². The van der Waals surface area contributed by atoms with Crippen LogP contribution in [-0.2, 0) is 25.6 Å². The molecule has 3 unspecified atom stereocenters. The van der Waals surface area contributed by atoms with E-state index in [-0.39, 0.29) is 24.4 Å². The lowest BCUT2D eigenvalue weighted by Crippen LogP contribution is -2.52. The second kappa shape index (κ2) is 14.4. The fourth-order valence-corrected chi connectivity index (χ4v) is 5.22. The van der Waals surface area contributed by atoms with Crippen LogP contribution in [0.2, 0.25) is 0 Å². The van der Waals surface area contributed by atoms with E-state index >= 15 is 0 Å². The molecule has 2 heterocycles. The normalized spacial score (nSPS) is 18.1. The zero-order valence-corrected chi connectivity index (χ0v) is 26.1. The molecule has 12 nitrogen and oxygen atoms in total. The zero-order chi connectivity index (χ0) is 32.7. The predicted molar refractivity (Wildman–Crippen MR) is 168 cm³/mol. The third-order valence-electron chi connectivity index (χ3n) is 7.86. The lowest BCUT2D eigenvalue weighted by molar-refractivity contribution is -0.130. The molecule has 1 saturated heterocycles. The molecule has 6 N–H and O–H groups in total. The van der Waals surface area contributed by atoms with E-state index in [9.17, 15) is 24.0 Å². The first-order valence-corrected chi connectivity index (χ1v) is 15.2. The van der Waals surface area contributed by atoms with Crippen LogP contribution in [0.15, 0.2) is 53.1 Å². The number of nitrogens with zero attached hydrogens (tertiary/aromatic N) is 1. The quantitative estimate of drug-likeness (QED) is 0.218. The SMILES string of the molecule is CC1CC1.Cc1cc(C(=O)NC(Cc2cccc3ccccc23)C(=O)NCC(=O)NC(CC2CC(C)(C)NC2=O)C(N)=O)no1. The number of aromatic nitrogens is 1. The smallest absolute Gasteiger partial charge is 0.274 e. The van der Waals surface area contributed by atoms with E-state index in [1.54, 1.807) is 6.92 Å². The number of rotatable bonds is 11. The van der Waals surface area contributed by atoms with E-state index in [0.29, 0.717) is 12.2 Å². The summed E-state index contributed by atoms with van der Waals surface area (Å²) in [7, 11) is 0. The van der Waals surface area contributed by atoms with Crippen LogP contribution < -0.4 is 27.0 Å². The molecule has 2 aromatic carbocycles. The summed E-state index contributed by atoms with van der Waals surface area (Å²) >= 11 is 0. The molecule has 3 atom stereocenters. The van der Waals surface area contributed by atoms with Crippen molar-refractivity contribution in [3.8, 4) is 0 Å². The Balaban J connectivity index is 0.00000107. The van der Waals surface area contributed by atoms with Gasteiger partial charge in [0.2, 0.25) is 23.6 Å².